The number of allylic oxidation sites excluding steroid dienone is 1. The van der Waals surface area contributed by atoms with Crippen LogP contribution in [0.2, 0.25) is 0 Å². The van der Waals surface area contributed by atoms with Crippen molar-refractivity contribution in [3.8, 4) is 0 Å². The van der Waals surface area contributed by atoms with Crippen LogP contribution < -0.4 is 0 Å². The third-order valence-electron chi connectivity index (χ3n) is 5.35. The normalized spacial score (nSPS) is 41.6. The van der Waals surface area contributed by atoms with Gasteiger partial charge in [0.1, 0.15) is 0 Å². The van der Waals surface area contributed by atoms with Crippen LogP contribution in [0.15, 0.2) is 23.3 Å². The number of Topliss-reactive ketones (excluding diaryl/α,β-unsaturated/α-hetero) is 1. The summed E-state index contributed by atoms with van der Waals surface area (Å²) in [5.74, 6) is 0.0196. The van der Waals surface area contributed by atoms with Crippen LogP contribution in [0.5, 0.6) is 0 Å². The Labute approximate surface area is 107 Å². The summed E-state index contributed by atoms with van der Waals surface area (Å²) in [4.78, 5) is 12.4. The second-order valence-electron chi connectivity index (χ2n) is 6.74. The SMILES string of the molecule is C=C1C(=O)C2=C(C[C@@](C)(CO)C2)[C@](C)(O)C12CC2. The number of aliphatic hydroxyl groups is 2. The van der Waals surface area contributed by atoms with Gasteiger partial charge in [-0.2, -0.15) is 0 Å². The van der Waals surface area contributed by atoms with Gasteiger partial charge in [-0.3, -0.25) is 4.79 Å². The van der Waals surface area contributed by atoms with Gasteiger partial charge < -0.3 is 10.2 Å². The van der Waals surface area contributed by atoms with Crippen molar-refractivity contribution in [2.45, 2.75) is 45.1 Å². The molecule has 0 bridgehead atoms. The Morgan fingerprint density at radius 3 is 2.39 bits per heavy atom. The number of aliphatic hydroxyl groups excluding tert-OH is 1. The van der Waals surface area contributed by atoms with E-state index in [4.69, 9.17) is 0 Å². The minimum absolute atomic E-state index is 0.0196. The van der Waals surface area contributed by atoms with E-state index >= 15 is 0 Å². The molecule has 3 nitrogen and oxygen atoms in total. The highest BCUT2D eigenvalue weighted by molar-refractivity contribution is 6.12. The van der Waals surface area contributed by atoms with E-state index in [-0.39, 0.29) is 17.8 Å². The van der Waals surface area contributed by atoms with Crippen LogP contribution in [-0.4, -0.2) is 28.2 Å². The van der Waals surface area contributed by atoms with Gasteiger partial charge in [0.05, 0.1) is 5.60 Å². The molecule has 0 heterocycles. The van der Waals surface area contributed by atoms with Gasteiger partial charge >= 0.3 is 0 Å². The van der Waals surface area contributed by atoms with Gasteiger partial charge in [0.2, 0.25) is 0 Å². The first kappa shape index (κ1) is 12.1. The summed E-state index contributed by atoms with van der Waals surface area (Å²) in [6.07, 6.45) is 2.86. The van der Waals surface area contributed by atoms with E-state index in [0.717, 1.165) is 18.4 Å². The first-order valence-corrected chi connectivity index (χ1v) is 6.57. The van der Waals surface area contributed by atoms with Crippen molar-refractivity contribution in [3.63, 3.8) is 0 Å². The Hall–Kier alpha value is -0.930. The Bertz CT molecular complexity index is 494. The minimum Gasteiger partial charge on any atom is -0.396 e. The maximum absolute atomic E-state index is 12.4. The number of ketones is 1. The summed E-state index contributed by atoms with van der Waals surface area (Å²) in [6, 6.07) is 0. The first-order chi connectivity index (χ1) is 8.27. The van der Waals surface area contributed by atoms with Gasteiger partial charge in [0.15, 0.2) is 5.78 Å². The van der Waals surface area contributed by atoms with Crippen molar-refractivity contribution in [2.75, 3.05) is 6.61 Å². The number of carbonyl (C=O) groups excluding carboxylic acids is 1. The number of hydrogen-bond donors (Lipinski definition) is 2. The van der Waals surface area contributed by atoms with Gasteiger partial charge in [0, 0.05) is 23.2 Å². The molecule has 0 aliphatic heterocycles. The summed E-state index contributed by atoms with van der Waals surface area (Å²) < 4.78 is 0. The van der Waals surface area contributed by atoms with Crippen LogP contribution in [-0.2, 0) is 4.79 Å². The molecule has 0 aromatic carbocycles. The quantitative estimate of drug-likeness (QED) is 0.695. The van der Waals surface area contributed by atoms with Crippen molar-refractivity contribution in [2.24, 2.45) is 10.8 Å². The van der Waals surface area contributed by atoms with E-state index in [1.54, 1.807) is 0 Å². The lowest BCUT2D eigenvalue weighted by molar-refractivity contribution is -0.115. The second kappa shape index (κ2) is 3.14. The van der Waals surface area contributed by atoms with Gasteiger partial charge in [-0.15, -0.1) is 0 Å². The molecule has 1 spiro atoms. The van der Waals surface area contributed by atoms with Crippen LogP contribution in [0.25, 0.3) is 0 Å². The fourth-order valence-electron chi connectivity index (χ4n) is 3.82. The molecular formula is C15H20O3. The van der Waals surface area contributed by atoms with E-state index in [2.05, 4.69) is 6.58 Å². The first-order valence-electron chi connectivity index (χ1n) is 6.57. The van der Waals surface area contributed by atoms with Crippen molar-refractivity contribution >= 4 is 5.78 Å². The highest BCUT2D eigenvalue weighted by atomic mass is 16.3. The second-order valence-corrected chi connectivity index (χ2v) is 6.74. The molecule has 1 saturated carbocycles. The predicted molar refractivity (Wildman–Crippen MR) is 67.9 cm³/mol. The van der Waals surface area contributed by atoms with Gasteiger partial charge in [-0.1, -0.05) is 13.5 Å². The summed E-state index contributed by atoms with van der Waals surface area (Å²) >= 11 is 0. The fourth-order valence-corrected chi connectivity index (χ4v) is 3.82. The molecular weight excluding hydrogens is 228 g/mol. The van der Waals surface area contributed by atoms with E-state index in [0.29, 0.717) is 24.0 Å². The number of rotatable bonds is 1. The van der Waals surface area contributed by atoms with Crippen LogP contribution in [0, 0.1) is 10.8 Å². The summed E-state index contributed by atoms with van der Waals surface area (Å²) in [5.41, 5.74) is 0.469. The van der Waals surface area contributed by atoms with Crippen molar-refractivity contribution in [3.05, 3.63) is 23.3 Å². The molecule has 2 N–H and O–H groups in total. The average Bonchev–Trinajstić information content (AvgIpc) is 3.05. The monoisotopic (exact) mass is 248 g/mol. The Morgan fingerprint density at radius 2 is 1.89 bits per heavy atom. The Kier molecular flexibility index (Phi) is 2.12. The molecule has 0 saturated heterocycles. The smallest absolute Gasteiger partial charge is 0.185 e. The molecule has 0 aromatic rings. The van der Waals surface area contributed by atoms with Gasteiger partial charge in [-0.05, 0) is 43.6 Å². The van der Waals surface area contributed by atoms with Crippen LogP contribution in [0.3, 0.4) is 0 Å². The van der Waals surface area contributed by atoms with E-state index < -0.39 is 11.0 Å². The molecule has 1 fully saturated rings. The molecule has 3 aliphatic carbocycles. The average molecular weight is 248 g/mol. The van der Waals surface area contributed by atoms with Crippen LogP contribution in [0.1, 0.15) is 39.5 Å². The molecule has 0 unspecified atom stereocenters. The summed E-state index contributed by atoms with van der Waals surface area (Å²) in [7, 11) is 0. The lowest BCUT2D eigenvalue weighted by Gasteiger charge is -2.40. The number of hydrogen-bond acceptors (Lipinski definition) is 3. The zero-order chi connectivity index (χ0) is 13.3. The highest BCUT2D eigenvalue weighted by Crippen LogP contribution is 2.67. The molecule has 3 heteroatoms. The largest absolute Gasteiger partial charge is 0.396 e. The lowest BCUT2D eigenvalue weighted by atomic mass is 9.67. The summed E-state index contributed by atoms with van der Waals surface area (Å²) in [6.45, 7) is 7.76. The number of carbonyl (C=O) groups is 1. The standard InChI is InChI=1S/C15H20O3/c1-9-12(17)10-6-13(2,8-16)7-11(10)14(3,18)15(9)4-5-15/h16,18H,1,4-8H2,2-3H3/t13-,14-/m0/s1. The van der Waals surface area contributed by atoms with Gasteiger partial charge in [0.25, 0.3) is 0 Å². The zero-order valence-electron chi connectivity index (χ0n) is 11.0. The van der Waals surface area contributed by atoms with E-state index in [9.17, 15) is 15.0 Å². The topological polar surface area (TPSA) is 57.5 Å². The Balaban J connectivity index is 2.11. The molecule has 0 aromatic heterocycles. The van der Waals surface area contributed by atoms with E-state index in [1.165, 1.54) is 0 Å². The molecule has 18 heavy (non-hydrogen) atoms. The molecule has 0 radical (unpaired) electrons. The Morgan fingerprint density at radius 1 is 1.28 bits per heavy atom. The summed E-state index contributed by atoms with van der Waals surface area (Å²) in [5, 5.41) is 20.4. The molecule has 3 aliphatic rings. The lowest BCUT2D eigenvalue weighted by Crippen LogP contribution is -2.45. The third-order valence-corrected chi connectivity index (χ3v) is 5.35. The molecule has 3 rings (SSSR count). The fraction of sp³-hybridized carbons (Fsp3) is 0.667. The van der Waals surface area contributed by atoms with Gasteiger partial charge in [-0.25, -0.2) is 0 Å². The highest BCUT2D eigenvalue weighted by Gasteiger charge is 2.65. The maximum Gasteiger partial charge on any atom is 0.185 e. The molecule has 2 atom stereocenters. The zero-order valence-corrected chi connectivity index (χ0v) is 11.0. The third kappa shape index (κ3) is 1.19. The van der Waals surface area contributed by atoms with Crippen LogP contribution >= 0.6 is 0 Å². The van der Waals surface area contributed by atoms with Crippen molar-refractivity contribution < 1.29 is 15.0 Å². The van der Waals surface area contributed by atoms with Crippen molar-refractivity contribution in [1.29, 1.82) is 0 Å². The minimum atomic E-state index is -0.958. The van der Waals surface area contributed by atoms with E-state index in [1.807, 2.05) is 13.8 Å². The maximum atomic E-state index is 12.4. The van der Waals surface area contributed by atoms with Crippen molar-refractivity contribution in [1.82, 2.24) is 0 Å². The molecule has 98 valence electrons. The predicted octanol–water partition coefficient (Wildman–Crippen LogP) is 1.75. The molecule has 0 amide bonds. The van der Waals surface area contributed by atoms with Crippen LogP contribution in [0.4, 0.5) is 0 Å².